The van der Waals surface area contributed by atoms with Gasteiger partial charge in [-0.15, -0.1) is 11.3 Å². The summed E-state index contributed by atoms with van der Waals surface area (Å²) in [4.78, 5) is 17.7. The third kappa shape index (κ3) is 6.19. The molecule has 0 aliphatic heterocycles. The van der Waals surface area contributed by atoms with Crippen molar-refractivity contribution in [3.05, 3.63) is 92.9 Å². The number of amides is 1. The van der Waals surface area contributed by atoms with Crippen molar-refractivity contribution in [2.75, 3.05) is 11.9 Å². The average Bonchev–Trinajstić information content (AvgIpc) is 3.20. The molecule has 1 heterocycles. The minimum atomic E-state index is -0.553. The maximum Gasteiger partial charge on any atom is 0.268 e. The second-order valence-electron chi connectivity index (χ2n) is 6.31. The first-order valence-corrected chi connectivity index (χ1v) is 10.7. The number of benzene rings is 2. The average molecular weight is 470 g/mol. The number of hydrogen-bond donors (Lipinski definition) is 1. The lowest BCUT2D eigenvalue weighted by Crippen LogP contribution is -2.13. The number of hydrogen-bond acceptors (Lipinski definition) is 5. The number of rotatable bonds is 8. The quantitative estimate of drug-likeness (QED) is 0.243. The number of aromatic nitrogens is 1. The van der Waals surface area contributed by atoms with Gasteiger partial charge in [0.15, 0.2) is 5.13 Å². The molecule has 0 saturated carbocycles. The van der Waals surface area contributed by atoms with Crippen LogP contribution in [0.15, 0.2) is 66.9 Å². The fourth-order valence-electron chi connectivity index (χ4n) is 2.66. The van der Waals surface area contributed by atoms with E-state index in [2.05, 4.69) is 16.9 Å². The Morgan fingerprint density at radius 2 is 2.10 bits per heavy atom. The van der Waals surface area contributed by atoms with Crippen LogP contribution in [0, 0.1) is 11.3 Å². The van der Waals surface area contributed by atoms with Crippen LogP contribution < -0.4 is 10.1 Å². The number of ether oxygens (including phenoxy) is 1. The van der Waals surface area contributed by atoms with Crippen LogP contribution in [0.25, 0.3) is 6.08 Å². The Morgan fingerprint density at radius 3 is 2.87 bits per heavy atom. The van der Waals surface area contributed by atoms with E-state index in [0.29, 0.717) is 39.5 Å². The highest BCUT2D eigenvalue weighted by molar-refractivity contribution is 7.15. The normalized spacial score (nSPS) is 10.9. The molecule has 2 aromatic carbocycles. The molecular weight excluding hydrogens is 453 g/mol. The second-order valence-corrected chi connectivity index (χ2v) is 8.26. The van der Waals surface area contributed by atoms with Gasteiger partial charge in [-0.1, -0.05) is 54.1 Å². The van der Waals surface area contributed by atoms with Crippen LogP contribution in [0.5, 0.6) is 5.75 Å². The zero-order chi connectivity index (χ0) is 22.2. The summed E-state index contributed by atoms with van der Waals surface area (Å²) >= 11 is 13.6. The number of thiazole rings is 1. The monoisotopic (exact) mass is 469 g/mol. The van der Waals surface area contributed by atoms with Gasteiger partial charge in [-0.25, -0.2) is 4.98 Å². The number of carbonyl (C=O) groups is 1. The highest BCUT2D eigenvalue weighted by Crippen LogP contribution is 2.27. The van der Waals surface area contributed by atoms with Crippen molar-refractivity contribution in [3.63, 3.8) is 0 Å². The van der Waals surface area contributed by atoms with Gasteiger partial charge in [-0.05, 0) is 35.9 Å². The molecule has 0 aliphatic rings. The molecule has 0 saturated heterocycles. The first-order chi connectivity index (χ1) is 15.0. The maximum absolute atomic E-state index is 12.6. The van der Waals surface area contributed by atoms with Crippen LogP contribution in [0.2, 0.25) is 10.0 Å². The summed E-state index contributed by atoms with van der Waals surface area (Å²) in [7, 11) is 0. The van der Waals surface area contributed by atoms with Crippen LogP contribution in [0.4, 0.5) is 5.13 Å². The van der Waals surface area contributed by atoms with E-state index in [1.54, 1.807) is 48.7 Å². The Hall–Kier alpha value is -3.11. The molecule has 3 aromatic rings. The zero-order valence-electron chi connectivity index (χ0n) is 16.3. The molecular formula is C23H17Cl2N3O2S. The summed E-state index contributed by atoms with van der Waals surface area (Å²) in [5, 5.41) is 13.7. The number of carbonyl (C=O) groups excluding carboxylic acids is 1. The van der Waals surface area contributed by atoms with E-state index in [9.17, 15) is 10.1 Å². The molecule has 0 atom stereocenters. The lowest BCUT2D eigenvalue weighted by molar-refractivity contribution is -0.112. The number of anilines is 1. The number of halogens is 2. The molecule has 0 radical (unpaired) electrons. The van der Waals surface area contributed by atoms with E-state index in [1.165, 1.54) is 17.4 Å². The summed E-state index contributed by atoms with van der Waals surface area (Å²) in [5.74, 6) is 0.000553. The zero-order valence-corrected chi connectivity index (χ0v) is 18.6. The lowest BCUT2D eigenvalue weighted by atomic mass is 10.1. The molecule has 1 amide bonds. The molecule has 0 bridgehead atoms. The summed E-state index contributed by atoms with van der Waals surface area (Å²) in [6.45, 7) is 3.94. The summed E-state index contributed by atoms with van der Waals surface area (Å²) in [6.07, 6.45) is 5.29. The maximum atomic E-state index is 12.6. The van der Waals surface area contributed by atoms with Crippen LogP contribution >= 0.6 is 34.5 Å². The fraction of sp³-hybridized carbons (Fsp3) is 0.0870. The van der Waals surface area contributed by atoms with Crippen LogP contribution in [-0.2, 0) is 11.2 Å². The third-order valence-corrected chi connectivity index (χ3v) is 5.60. The Kier molecular flexibility index (Phi) is 7.85. The first-order valence-electron chi connectivity index (χ1n) is 9.14. The van der Waals surface area contributed by atoms with Gasteiger partial charge in [0.25, 0.3) is 5.91 Å². The molecule has 0 fully saturated rings. The number of para-hydroxylation sites is 1. The Labute approximate surface area is 194 Å². The predicted octanol–water partition coefficient (Wildman–Crippen LogP) is 6.15. The molecule has 0 unspecified atom stereocenters. The Balaban J connectivity index is 1.74. The third-order valence-electron chi connectivity index (χ3n) is 4.09. The van der Waals surface area contributed by atoms with Crippen molar-refractivity contribution in [2.24, 2.45) is 0 Å². The predicted molar refractivity (Wildman–Crippen MR) is 126 cm³/mol. The lowest BCUT2D eigenvalue weighted by Gasteiger charge is -2.07. The van der Waals surface area contributed by atoms with Crippen molar-refractivity contribution in [1.82, 2.24) is 4.98 Å². The molecule has 0 aliphatic carbocycles. The van der Waals surface area contributed by atoms with Gasteiger partial charge in [-0.2, -0.15) is 5.26 Å². The Bertz CT molecular complexity index is 1180. The van der Waals surface area contributed by atoms with Crippen LogP contribution in [-0.4, -0.2) is 17.5 Å². The van der Waals surface area contributed by atoms with Gasteiger partial charge < -0.3 is 4.74 Å². The highest BCUT2D eigenvalue weighted by Gasteiger charge is 2.14. The smallest absolute Gasteiger partial charge is 0.268 e. The highest BCUT2D eigenvalue weighted by atomic mass is 35.5. The summed E-state index contributed by atoms with van der Waals surface area (Å²) < 4.78 is 5.57. The molecule has 8 heteroatoms. The largest absolute Gasteiger partial charge is 0.489 e. The van der Waals surface area contributed by atoms with Crippen LogP contribution in [0.3, 0.4) is 0 Å². The molecule has 1 aromatic heterocycles. The number of nitrogens with zero attached hydrogens (tertiary/aromatic N) is 2. The molecule has 5 nitrogen and oxygen atoms in total. The van der Waals surface area contributed by atoms with Gasteiger partial charge >= 0.3 is 0 Å². The SMILES string of the molecule is C=CCOc1ccccc1C=C(C#N)C(=O)Nc1ncc(Cc2cc(Cl)ccc2Cl)s1. The molecule has 31 heavy (non-hydrogen) atoms. The van der Waals surface area contributed by atoms with Crippen molar-refractivity contribution in [2.45, 2.75) is 6.42 Å². The van der Waals surface area contributed by atoms with Gasteiger partial charge in [0.2, 0.25) is 0 Å². The van der Waals surface area contributed by atoms with Crippen molar-refractivity contribution in [1.29, 1.82) is 5.26 Å². The number of nitrogens with one attached hydrogen (secondary N) is 1. The van der Waals surface area contributed by atoms with Gasteiger partial charge in [0, 0.05) is 33.1 Å². The van der Waals surface area contributed by atoms with Gasteiger partial charge in [-0.3, -0.25) is 10.1 Å². The topological polar surface area (TPSA) is 75.0 Å². The van der Waals surface area contributed by atoms with E-state index in [0.717, 1.165) is 10.4 Å². The van der Waals surface area contributed by atoms with E-state index in [4.69, 9.17) is 27.9 Å². The van der Waals surface area contributed by atoms with E-state index in [-0.39, 0.29) is 5.57 Å². The van der Waals surface area contributed by atoms with E-state index < -0.39 is 5.91 Å². The second kappa shape index (κ2) is 10.8. The minimum Gasteiger partial charge on any atom is -0.489 e. The van der Waals surface area contributed by atoms with Crippen molar-refractivity contribution < 1.29 is 9.53 Å². The molecule has 3 rings (SSSR count). The Morgan fingerprint density at radius 1 is 1.29 bits per heavy atom. The van der Waals surface area contributed by atoms with Gasteiger partial charge in [0.1, 0.15) is 24.0 Å². The standard InChI is InChI=1S/C23H17Cl2N3O2S/c1-2-9-30-21-6-4-3-5-15(21)10-17(13-26)22(29)28-23-27-14-19(31-23)12-16-11-18(24)7-8-20(16)25/h2-8,10-11,14H,1,9,12H2,(H,27,28,29). The van der Waals surface area contributed by atoms with Crippen molar-refractivity contribution >= 4 is 51.7 Å². The minimum absolute atomic E-state index is 0.0655. The summed E-state index contributed by atoms with van der Waals surface area (Å²) in [6, 6.07) is 14.3. The van der Waals surface area contributed by atoms with Crippen LogP contribution in [0.1, 0.15) is 16.0 Å². The van der Waals surface area contributed by atoms with Crippen molar-refractivity contribution in [3.8, 4) is 11.8 Å². The molecule has 156 valence electrons. The molecule has 0 spiro atoms. The van der Waals surface area contributed by atoms with E-state index >= 15 is 0 Å². The molecule has 1 N–H and O–H groups in total. The fourth-order valence-corrected chi connectivity index (χ4v) is 3.87. The van der Waals surface area contributed by atoms with E-state index in [1.807, 2.05) is 12.1 Å². The summed E-state index contributed by atoms with van der Waals surface area (Å²) in [5.41, 5.74) is 1.42. The first kappa shape index (κ1) is 22.6. The number of nitriles is 1. The van der Waals surface area contributed by atoms with Gasteiger partial charge in [0.05, 0.1) is 0 Å².